The fourth-order valence-corrected chi connectivity index (χ4v) is 12.5. The lowest BCUT2D eigenvalue weighted by Gasteiger charge is -2.50. The largest absolute Gasteiger partial charge is 0.477 e. The van der Waals surface area contributed by atoms with Crippen LogP contribution in [-0.2, 0) is 42.8 Å². The van der Waals surface area contributed by atoms with Crippen LogP contribution in [0.1, 0.15) is 258 Å². The molecule has 538 valence electrons. The van der Waals surface area contributed by atoms with Gasteiger partial charge in [-0.05, 0) is 44.9 Å². The number of ether oxygens (including phenoxy) is 6. The van der Waals surface area contributed by atoms with Crippen molar-refractivity contribution in [2.75, 3.05) is 26.4 Å². The van der Waals surface area contributed by atoms with Crippen molar-refractivity contribution in [3.8, 4) is 0 Å². The first-order valence-corrected chi connectivity index (χ1v) is 35.7. The zero-order chi connectivity index (χ0) is 67.5. The number of hydrogen-bond donors (Lipinski definition) is 14. The Kier molecular flexibility index (Phi) is 45.1. The van der Waals surface area contributed by atoms with Crippen molar-refractivity contribution in [3.63, 3.8) is 0 Å². The Morgan fingerprint density at radius 3 is 1.52 bits per heavy atom. The number of aliphatic carboxylic acids is 1. The summed E-state index contributed by atoms with van der Waals surface area (Å²) in [6, 6.07) is -2.53. The van der Waals surface area contributed by atoms with E-state index in [2.05, 4.69) is 48.8 Å². The van der Waals surface area contributed by atoms with E-state index >= 15 is 0 Å². The van der Waals surface area contributed by atoms with Gasteiger partial charge in [0.2, 0.25) is 11.8 Å². The molecule has 0 bridgehead atoms. The Balaban J connectivity index is 1.57. The number of carboxylic acids is 1. The molecule has 0 aromatic heterocycles. The van der Waals surface area contributed by atoms with Gasteiger partial charge in [0.05, 0.1) is 50.7 Å². The molecule has 18 unspecified atom stereocenters. The highest BCUT2D eigenvalue weighted by Gasteiger charge is 2.60. The van der Waals surface area contributed by atoms with E-state index in [0.29, 0.717) is 19.3 Å². The molecule has 3 saturated heterocycles. The summed E-state index contributed by atoms with van der Waals surface area (Å²) in [6.07, 6.45) is 20.3. The zero-order valence-electron chi connectivity index (χ0n) is 56.2. The Hall–Kier alpha value is -2.79. The molecule has 0 saturated carbocycles. The molecule has 23 nitrogen and oxygen atoms in total. The maximum atomic E-state index is 13.5. The van der Waals surface area contributed by atoms with Gasteiger partial charge < -0.3 is 100 Å². The van der Waals surface area contributed by atoms with E-state index in [1.54, 1.807) is 0 Å². The molecule has 18 atom stereocenters. The van der Waals surface area contributed by atoms with Crippen LogP contribution in [0.5, 0.6) is 0 Å². The van der Waals surface area contributed by atoms with Crippen LogP contribution in [0.4, 0.5) is 0 Å². The molecule has 3 rings (SSSR count). The van der Waals surface area contributed by atoms with Crippen LogP contribution in [0.25, 0.3) is 0 Å². The third-order valence-electron chi connectivity index (χ3n) is 18.2. The van der Waals surface area contributed by atoms with Gasteiger partial charge in [-0.15, -0.1) is 0 Å². The monoisotopic (exact) mass is 1320 g/mol. The topological polar surface area (TPSA) is 373 Å². The summed E-state index contributed by atoms with van der Waals surface area (Å²) in [5, 5.41) is 136. The Labute approximate surface area is 549 Å². The van der Waals surface area contributed by atoms with E-state index in [1.807, 2.05) is 0 Å². The predicted octanol–water partition coefficient (Wildman–Crippen LogP) is 6.84. The summed E-state index contributed by atoms with van der Waals surface area (Å²) in [5.41, 5.74) is 0. The van der Waals surface area contributed by atoms with Gasteiger partial charge in [0.1, 0.15) is 67.1 Å². The second-order valence-electron chi connectivity index (χ2n) is 26.1. The van der Waals surface area contributed by atoms with Gasteiger partial charge in [0.15, 0.2) is 12.6 Å². The SMILES string of the molecule is CCCCCCCCCCC/C=C\C/C=C\CCCCCCCCCC(=O)NC(COC1OC(CO)C(OC2OC(CO)C(O)C(OC3(C(=O)O)CC(O)C(NC(C)=O)C(C(O)C(O)CO)O3)C2O)C(O)C1O)C(O)CCCCCCCCCCCCCCCCC. The number of allylic oxidation sites excluding steroid dienone is 4. The van der Waals surface area contributed by atoms with Crippen molar-refractivity contribution in [2.45, 2.75) is 368 Å². The third kappa shape index (κ3) is 31.6. The number of rotatable bonds is 54. The molecule has 14 N–H and O–H groups in total. The lowest BCUT2D eigenvalue weighted by Crippen LogP contribution is -2.70. The maximum Gasteiger partial charge on any atom is 0.364 e. The molecule has 92 heavy (non-hydrogen) atoms. The highest BCUT2D eigenvalue weighted by molar-refractivity contribution is 5.77. The van der Waals surface area contributed by atoms with Gasteiger partial charge in [0, 0.05) is 19.8 Å². The van der Waals surface area contributed by atoms with Crippen molar-refractivity contribution < 1.29 is 104 Å². The maximum absolute atomic E-state index is 13.5. The van der Waals surface area contributed by atoms with Crippen LogP contribution in [0, 0.1) is 0 Å². The van der Waals surface area contributed by atoms with E-state index in [4.69, 9.17) is 28.4 Å². The van der Waals surface area contributed by atoms with Crippen LogP contribution in [0.3, 0.4) is 0 Å². The number of carbonyl (C=O) groups excluding carboxylic acids is 2. The molecule has 2 amide bonds. The quantitative estimate of drug-likeness (QED) is 0.0219. The highest BCUT2D eigenvalue weighted by Crippen LogP contribution is 2.39. The number of carboxylic acid groups (broad SMARTS) is 1. The van der Waals surface area contributed by atoms with E-state index in [0.717, 1.165) is 90.4 Å². The van der Waals surface area contributed by atoms with Gasteiger partial charge in [-0.2, -0.15) is 0 Å². The molecule has 0 spiro atoms. The Morgan fingerprint density at radius 1 is 0.565 bits per heavy atom. The van der Waals surface area contributed by atoms with E-state index in [9.17, 15) is 75.7 Å². The summed E-state index contributed by atoms with van der Waals surface area (Å²) < 4.78 is 34.9. The molecule has 23 heteroatoms. The average molecular weight is 1320 g/mol. The molecule has 3 fully saturated rings. The summed E-state index contributed by atoms with van der Waals surface area (Å²) in [6.45, 7) is 2.20. The first-order chi connectivity index (χ1) is 44.4. The number of unbranched alkanes of at least 4 members (excludes halogenated alkanes) is 30. The van der Waals surface area contributed by atoms with Crippen molar-refractivity contribution in [3.05, 3.63) is 24.3 Å². The fourth-order valence-electron chi connectivity index (χ4n) is 12.5. The minimum Gasteiger partial charge on any atom is -0.477 e. The van der Waals surface area contributed by atoms with Crippen LogP contribution >= 0.6 is 0 Å². The van der Waals surface area contributed by atoms with Crippen molar-refractivity contribution in [1.29, 1.82) is 0 Å². The van der Waals surface area contributed by atoms with E-state index < -0.39 is 148 Å². The first kappa shape index (κ1) is 83.4. The van der Waals surface area contributed by atoms with Gasteiger partial charge in [0.25, 0.3) is 5.79 Å². The summed E-state index contributed by atoms with van der Waals surface area (Å²) in [4.78, 5) is 38.6. The Morgan fingerprint density at radius 2 is 1.04 bits per heavy atom. The molecule has 0 aliphatic carbocycles. The second-order valence-corrected chi connectivity index (χ2v) is 26.1. The van der Waals surface area contributed by atoms with Crippen molar-refractivity contribution in [2.24, 2.45) is 0 Å². The summed E-state index contributed by atoms with van der Waals surface area (Å²) in [7, 11) is 0. The van der Waals surface area contributed by atoms with E-state index in [1.165, 1.54) is 122 Å². The average Bonchev–Trinajstić information content (AvgIpc) is 0.764. The highest BCUT2D eigenvalue weighted by atomic mass is 16.8. The lowest BCUT2D eigenvalue weighted by molar-refractivity contribution is -0.386. The zero-order valence-corrected chi connectivity index (χ0v) is 56.2. The number of hydrogen-bond acceptors (Lipinski definition) is 20. The fraction of sp³-hybridized carbons (Fsp3) is 0.899. The smallest absolute Gasteiger partial charge is 0.364 e. The first-order valence-electron chi connectivity index (χ1n) is 35.7. The molecule has 0 aromatic carbocycles. The van der Waals surface area contributed by atoms with Gasteiger partial charge in [-0.3, -0.25) is 9.59 Å². The van der Waals surface area contributed by atoms with Crippen LogP contribution in [0.2, 0.25) is 0 Å². The lowest BCUT2D eigenvalue weighted by atomic mass is 9.88. The van der Waals surface area contributed by atoms with Crippen LogP contribution in [-0.4, -0.2) is 215 Å². The molecule has 3 heterocycles. The van der Waals surface area contributed by atoms with E-state index in [-0.39, 0.29) is 18.9 Å². The van der Waals surface area contributed by atoms with Crippen molar-refractivity contribution >= 4 is 17.8 Å². The number of aliphatic hydroxyl groups is 11. The molecular formula is C69H126N2O21. The molecular weight excluding hydrogens is 1190 g/mol. The van der Waals surface area contributed by atoms with Gasteiger partial charge >= 0.3 is 5.97 Å². The predicted molar refractivity (Wildman–Crippen MR) is 348 cm³/mol. The van der Waals surface area contributed by atoms with Crippen LogP contribution < -0.4 is 10.6 Å². The van der Waals surface area contributed by atoms with Crippen molar-refractivity contribution in [1.82, 2.24) is 10.6 Å². The molecule has 0 aromatic rings. The Bertz CT molecular complexity index is 1960. The molecule has 0 radical (unpaired) electrons. The number of carbonyl (C=O) groups is 3. The number of nitrogens with one attached hydrogen (secondary N) is 2. The number of aliphatic hydroxyl groups excluding tert-OH is 11. The molecule has 3 aliphatic heterocycles. The minimum absolute atomic E-state index is 0.215. The summed E-state index contributed by atoms with van der Waals surface area (Å²) in [5.74, 6) is -6.11. The summed E-state index contributed by atoms with van der Waals surface area (Å²) >= 11 is 0. The number of amides is 2. The minimum atomic E-state index is -3.08. The second kappa shape index (κ2) is 49.7. The van der Waals surface area contributed by atoms with Gasteiger partial charge in [-0.1, -0.05) is 218 Å². The molecule has 3 aliphatic rings. The third-order valence-corrected chi connectivity index (χ3v) is 18.2. The van der Waals surface area contributed by atoms with Crippen LogP contribution in [0.15, 0.2) is 24.3 Å². The normalized spacial score (nSPS) is 28.3. The van der Waals surface area contributed by atoms with Gasteiger partial charge in [-0.25, -0.2) is 4.79 Å². The standard InChI is InChI=1S/C69H126N2O21/c1-4-6-8-10-12-14-16-18-20-21-22-23-24-25-26-27-29-31-33-35-37-39-41-43-56(79)71-50(51(76)42-40-38-36-34-32-30-28-19-17-15-13-11-9-7-5-2)48-87-66-61(83)60(82)63(55(47-74)89-66)90-67-62(84)65(59(81)54(46-73)88-67)92-69(68(85)86)44-52(77)57(70-49(3)75)64(91-69)58(80)53(78)45-72/h22-23,25-26,50-55,57-67,72-74,76-78,80-84H,4-21,24,27-48H2,1-3H3,(H,70,75)(H,71,79)(H,85,86)/b23-22-,26-25-.